The number of ether oxygens (including phenoxy) is 1. The highest BCUT2D eigenvalue weighted by molar-refractivity contribution is 6.30. The van der Waals surface area contributed by atoms with E-state index in [0.717, 1.165) is 29.1 Å². The van der Waals surface area contributed by atoms with Gasteiger partial charge in [-0.3, -0.25) is 4.79 Å². The average molecular weight is 382 g/mol. The standard InChI is InChI=1S/C21H20ClN3O2/c1-27-20-5-3-2-4-18(20)25-17-10-11-19(24-14-17)21(26)23-13-12-15-6-8-16(22)9-7-15/h2-11,14,25H,12-13H2,1H3,(H,23,26). The number of rotatable bonds is 7. The van der Waals surface area contributed by atoms with Gasteiger partial charge in [0, 0.05) is 11.6 Å². The maximum Gasteiger partial charge on any atom is 0.269 e. The number of aromatic nitrogens is 1. The quantitative estimate of drug-likeness (QED) is 0.634. The number of benzene rings is 2. The van der Waals surface area contributed by atoms with Crippen LogP contribution in [0.15, 0.2) is 66.9 Å². The van der Waals surface area contributed by atoms with Gasteiger partial charge in [0.25, 0.3) is 5.91 Å². The van der Waals surface area contributed by atoms with Crippen LogP contribution in [-0.4, -0.2) is 24.5 Å². The van der Waals surface area contributed by atoms with Crippen molar-refractivity contribution >= 4 is 28.9 Å². The van der Waals surface area contributed by atoms with Crippen molar-refractivity contribution in [2.45, 2.75) is 6.42 Å². The number of para-hydroxylation sites is 2. The zero-order chi connectivity index (χ0) is 19.1. The molecule has 0 fully saturated rings. The number of methoxy groups -OCH3 is 1. The van der Waals surface area contributed by atoms with Gasteiger partial charge in [0.2, 0.25) is 0 Å². The number of amides is 1. The van der Waals surface area contributed by atoms with Gasteiger partial charge in [-0.05, 0) is 48.4 Å². The third-order valence-electron chi connectivity index (χ3n) is 3.99. The lowest BCUT2D eigenvalue weighted by Gasteiger charge is -2.11. The van der Waals surface area contributed by atoms with Crippen molar-refractivity contribution in [3.8, 4) is 5.75 Å². The molecule has 0 unspecified atom stereocenters. The fourth-order valence-electron chi connectivity index (χ4n) is 2.57. The molecule has 0 aliphatic rings. The zero-order valence-corrected chi connectivity index (χ0v) is 15.7. The molecule has 5 nitrogen and oxygen atoms in total. The lowest BCUT2D eigenvalue weighted by atomic mass is 10.1. The van der Waals surface area contributed by atoms with Crippen LogP contribution in [0.2, 0.25) is 5.02 Å². The number of carbonyl (C=O) groups is 1. The molecule has 0 spiro atoms. The van der Waals surface area contributed by atoms with Crippen LogP contribution in [0.1, 0.15) is 16.1 Å². The average Bonchev–Trinajstić information content (AvgIpc) is 2.70. The molecule has 0 aliphatic heterocycles. The third-order valence-corrected chi connectivity index (χ3v) is 4.25. The number of hydrogen-bond acceptors (Lipinski definition) is 4. The Morgan fingerprint density at radius 3 is 2.56 bits per heavy atom. The third kappa shape index (κ3) is 5.21. The molecule has 2 N–H and O–H groups in total. The number of nitrogens with zero attached hydrogens (tertiary/aromatic N) is 1. The van der Waals surface area contributed by atoms with Crippen LogP contribution < -0.4 is 15.4 Å². The Labute approximate surface area is 163 Å². The van der Waals surface area contributed by atoms with Crippen molar-refractivity contribution in [3.05, 3.63) is 83.1 Å². The van der Waals surface area contributed by atoms with Crippen molar-refractivity contribution in [2.75, 3.05) is 19.0 Å². The molecule has 27 heavy (non-hydrogen) atoms. The Balaban J connectivity index is 1.54. The topological polar surface area (TPSA) is 63.2 Å². The Bertz CT molecular complexity index is 896. The van der Waals surface area contributed by atoms with Crippen LogP contribution in [0.3, 0.4) is 0 Å². The molecule has 138 valence electrons. The molecular formula is C21H20ClN3O2. The van der Waals surface area contributed by atoms with E-state index in [4.69, 9.17) is 16.3 Å². The summed E-state index contributed by atoms with van der Waals surface area (Å²) in [6, 6.07) is 18.7. The van der Waals surface area contributed by atoms with Crippen LogP contribution in [0, 0.1) is 0 Å². The van der Waals surface area contributed by atoms with Gasteiger partial charge in [-0.25, -0.2) is 4.98 Å². The SMILES string of the molecule is COc1ccccc1Nc1ccc(C(=O)NCCc2ccc(Cl)cc2)nc1. The van der Waals surface area contributed by atoms with Crippen molar-refractivity contribution < 1.29 is 9.53 Å². The summed E-state index contributed by atoms with van der Waals surface area (Å²) < 4.78 is 5.31. The van der Waals surface area contributed by atoms with E-state index in [1.807, 2.05) is 54.6 Å². The van der Waals surface area contributed by atoms with Crippen molar-refractivity contribution in [2.24, 2.45) is 0 Å². The van der Waals surface area contributed by atoms with Crippen LogP contribution in [-0.2, 0) is 6.42 Å². The van der Waals surface area contributed by atoms with Gasteiger partial charge in [0.1, 0.15) is 11.4 Å². The van der Waals surface area contributed by atoms with Crippen molar-refractivity contribution in [3.63, 3.8) is 0 Å². The summed E-state index contributed by atoms with van der Waals surface area (Å²) in [5.74, 6) is 0.536. The number of halogens is 1. The highest BCUT2D eigenvalue weighted by atomic mass is 35.5. The monoisotopic (exact) mass is 381 g/mol. The van der Waals surface area contributed by atoms with Gasteiger partial charge in [-0.1, -0.05) is 35.9 Å². The molecule has 0 atom stereocenters. The predicted molar refractivity (Wildman–Crippen MR) is 108 cm³/mol. The van der Waals surface area contributed by atoms with E-state index >= 15 is 0 Å². The van der Waals surface area contributed by atoms with E-state index < -0.39 is 0 Å². The fraction of sp³-hybridized carbons (Fsp3) is 0.143. The summed E-state index contributed by atoms with van der Waals surface area (Å²) in [4.78, 5) is 16.5. The maximum atomic E-state index is 12.2. The maximum absolute atomic E-state index is 12.2. The number of pyridine rings is 1. The van der Waals surface area contributed by atoms with Gasteiger partial charge in [-0.2, -0.15) is 0 Å². The Hall–Kier alpha value is -3.05. The minimum Gasteiger partial charge on any atom is -0.495 e. The second kappa shape index (κ2) is 9.05. The molecular weight excluding hydrogens is 362 g/mol. The summed E-state index contributed by atoms with van der Waals surface area (Å²) in [5.41, 5.74) is 3.10. The Morgan fingerprint density at radius 1 is 1.07 bits per heavy atom. The number of hydrogen-bond donors (Lipinski definition) is 2. The number of nitrogens with one attached hydrogen (secondary N) is 2. The van der Waals surface area contributed by atoms with Crippen molar-refractivity contribution in [1.82, 2.24) is 10.3 Å². The summed E-state index contributed by atoms with van der Waals surface area (Å²) >= 11 is 5.87. The molecule has 0 bridgehead atoms. The van der Waals surface area contributed by atoms with Gasteiger partial charge in [0.05, 0.1) is 24.7 Å². The summed E-state index contributed by atoms with van der Waals surface area (Å²) in [6.45, 7) is 0.531. The lowest BCUT2D eigenvalue weighted by Crippen LogP contribution is -2.26. The first-order chi connectivity index (χ1) is 13.2. The first kappa shape index (κ1) is 18.7. The van der Waals surface area contributed by atoms with Gasteiger partial charge >= 0.3 is 0 Å². The van der Waals surface area contributed by atoms with E-state index in [0.29, 0.717) is 17.3 Å². The first-order valence-electron chi connectivity index (χ1n) is 8.54. The first-order valence-corrected chi connectivity index (χ1v) is 8.92. The van der Waals surface area contributed by atoms with E-state index in [1.165, 1.54) is 0 Å². The number of anilines is 2. The Morgan fingerprint density at radius 2 is 1.85 bits per heavy atom. The second-order valence-electron chi connectivity index (χ2n) is 5.89. The van der Waals surface area contributed by atoms with E-state index in [9.17, 15) is 4.79 Å². The molecule has 3 rings (SSSR count). The predicted octanol–water partition coefficient (Wildman–Crippen LogP) is 4.46. The Kier molecular flexibility index (Phi) is 6.28. The lowest BCUT2D eigenvalue weighted by molar-refractivity contribution is 0.0949. The largest absolute Gasteiger partial charge is 0.495 e. The molecule has 0 aliphatic carbocycles. The summed E-state index contributed by atoms with van der Waals surface area (Å²) in [5, 5.41) is 6.81. The van der Waals surface area contributed by atoms with E-state index in [2.05, 4.69) is 15.6 Å². The highest BCUT2D eigenvalue weighted by Gasteiger charge is 2.08. The number of carbonyl (C=O) groups excluding carboxylic acids is 1. The fourth-order valence-corrected chi connectivity index (χ4v) is 2.69. The normalized spacial score (nSPS) is 10.3. The van der Waals surface area contributed by atoms with E-state index in [1.54, 1.807) is 19.4 Å². The van der Waals surface area contributed by atoms with Gasteiger partial charge in [-0.15, -0.1) is 0 Å². The van der Waals surface area contributed by atoms with Crippen LogP contribution in [0.25, 0.3) is 0 Å². The molecule has 0 saturated heterocycles. The molecule has 2 aromatic carbocycles. The molecule has 1 aromatic heterocycles. The summed E-state index contributed by atoms with van der Waals surface area (Å²) in [7, 11) is 1.62. The van der Waals surface area contributed by atoms with Gasteiger partial charge in [0.15, 0.2) is 0 Å². The summed E-state index contributed by atoms with van der Waals surface area (Å²) in [6.07, 6.45) is 2.36. The molecule has 1 heterocycles. The minimum absolute atomic E-state index is 0.201. The minimum atomic E-state index is -0.201. The van der Waals surface area contributed by atoms with Crippen molar-refractivity contribution in [1.29, 1.82) is 0 Å². The molecule has 3 aromatic rings. The smallest absolute Gasteiger partial charge is 0.269 e. The highest BCUT2D eigenvalue weighted by Crippen LogP contribution is 2.26. The molecule has 6 heteroatoms. The van der Waals surface area contributed by atoms with E-state index in [-0.39, 0.29) is 5.91 Å². The zero-order valence-electron chi connectivity index (χ0n) is 14.9. The van der Waals surface area contributed by atoms with Gasteiger partial charge < -0.3 is 15.4 Å². The van der Waals surface area contributed by atoms with Crippen LogP contribution >= 0.6 is 11.6 Å². The van der Waals surface area contributed by atoms with Crippen LogP contribution in [0.5, 0.6) is 5.75 Å². The van der Waals surface area contributed by atoms with Crippen LogP contribution in [0.4, 0.5) is 11.4 Å². The molecule has 1 amide bonds. The second-order valence-corrected chi connectivity index (χ2v) is 6.33. The molecule has 0 radical (unpaired) electrons. The molecule has 0 saturated carbocycles.